The van der Waals surface area contributed by atoms with E-state index >= 15 is 0 Å². The van der Waals surface area contributed by atoms with Gasteiger partial charge >= 0.3 is 0 Å². The first-order chi connectivity index (χ1) is 6.59. The first-order valence-corrected chi connectivity index (χ1v) is 5.70. The average Bonchev–Trinajstić information content (AvgIpc) is 2.14. The number of hydrogen-bond acceptors (Lipinski definition) is 3. The molecule has 0 unspecified atom stereocenters. The van der Waals surface area contributed by atoms with E-state index < -0.39 is 0 Å². The number of piperazine rings is 1. The van der Waals surface area contributed by atoms with Gasteiger partial charge in [0.2, 0.25) is 0 Å². The Balaban J connectivity index is 0.000000791. The number of aliphatic hydroxyl groups is 1. The average molecular weight is 202 g/mol. The molecule has 1 rings (SSSR count). The standard InChI is InChI=1S/C9H20N2O.C2H6/c1-8-6-11(7-9(2)12)5-4-10(8)3;1-2/h8-9,12H,4-7H2,1-3H3;1-2H3/t8-,9+;/m0./s1. The van der Waals surface area contributed by atoms with Gasteiger partial charge in [0.25, 0.3) is 0 Å². The summed E-state index contributed by atoms with van der Waals surface area (Å²) in [5.74, 6) is 0. The van der Waals surface area contributed by atoms with Crippen LogP contribution in [0, 0.1) is 0 Å². The first-order valence-electron chi connectivity index (χ1n) is 5.70. The maximum absolute atomic E-state index is 9.20. The molecule has 0 saturated carbocycles. The van der Waals surface area contributed by atoms with E-state index in [4.69, 9.17) is 0 Å². The molecule has 0 radical (unpaired) electrons. The zero-order valence-electron chi connectivity index (χ0n) is 10.3. The lowest BCUT2D eigenvalue weighted by atomic mass is 10.2. The van der Waals surface area contributed by atoms with Gasteiger partial charge in [0.05, 0.1) is 6.10 Å². The minimum absolute atomic E-state index is 0.194. The largest absolute Gasteiger partial charge is 0.392 e. The van der Waals surface area contributed by atoms with Crippen molar-refractivity contribution in [2.45, 2.75) is 39.8 Å². The molecule has 0 aromatic heterocycles. The van der Waals surface area contributed by atoms with E-state index in [1.54, 1.807) is 0 Å². The van der Waals surface area contributed by atoms with Crippen LogP contribution in [0.15, 0.2) is 0 Å². The van der Waals surface area contributed by atoms with E-state index in [0.717, 1.165) is 26.2 Å². The summed E-state index contributed by atoms with van der Waals surface area (Å²) in [7, 11) is 2.16. The molecule has 0 amide bonds. The van der Waals surface area contributed by atoms with Crippen LogP contribution in [0.1, 0.15) is 27.7 Å². The van der Waals surface area contributed by atoms with Crippen molar-refractivity contribution in [2.24, 2.45) is 0 Å². The summed E-state index contributed by atoms with van der Waals surface area (Å²) < 4.78 is 0. The van der Waals surface area contributed by atoms with Crippen LogP contribution >= 0.6 is 0 Å². The Morgan fingerprint density at radius 2 is 1.93 bits per heavy atom. The van der Waals surface area contributed by atoms with Gasteiger partial charge in [-0.1, -0.05) is 13.8 Å². The second kappa shape index (κ2) is 7.21. The van der Waals surface area contributed by atoms with Crippen LogP contribution in [0.5, 0.6) is 0 Å². The van der Waals surface area contributed by atoms with E-state index in [2.05, 4.69) is 23.8 Å². The molecule has 0 aromatic rings. The molecule has 1 aliphatic rings. The molecule has 3 nitrogen and oxygen atoms in total. The monoisotopic (exact) mass is 202 g/mol. The summed E-state index contributed by atoms with van der Waals surface area (Å²) in [6.07, 6.45) is -0.194. The Kier molecular flexibility index (Phi) is 7.15. The molecule has 1 heterocycles. The van der Waals surface area contributed by atoms with Crippen LogP contribution in [0.3, 0.4) is 0 Å². The maximum Gasteiger partial charge on any atom is 0.0639 e. The van der Waals surface area contributed by atoms with Gasteiger partial charge in [-0.25, -0.2) is 0 Å². The Hall–Kier alpha value is -0.120. The molecule has 0 spiro atoms. The van der Waals surface area contributed by atoms with E-state index in [0.29, 0.717) is 6.04 Å². The van der Waals surface area contributed by atoms with Crippen LogP contribution in [-0.4, -0.2) is 60.3 Å². The molecule has 2 atom stereocenters. The number of nitrogens with zero attached hydrogens (tertiary/aromatic N) is 2. The highest BCUT2D eigenvalue weighted by atomic mass is 16.3. The second-order valence-corrected chi connectivity index (χ2v) is 3.94. The van der Waals surface area contributed by atoms with Crippen molar-refractivity contribution in [1.29, 1.82) is 0 Å². The highest BCUT2D eigenvalue weighted by Crippen LogP contribution is 2.06. The van der Waals surface area contributed by atoms with E-state index in [1.807, 2.05) is 20.8 Å². The van der Waals surface area contributed by atoms with Crippen molar-refractivity contribution < 1.29 is 5.11 Å². The predicted octanol–water partition coefficient (Wildman–Crippen LogP) is 1.03. The van der Waals surface area contributed by atoms with Crippen LogP contribution in [0.4, 0.5) is 0 Å². The van der Waals surface area contributed by atoms with Gasteiger partial charge in [-0.3, -0.25) is 4.90 Å². The highest BCUT2D eigenvalue weighted by molar-refractivity contribution is 4.77. The third-order valence-electron chi connectivity index (χ3n) is 2.57. The molecule has 1 saturated heterocycles. The number of aliphatic hydroxyl groups excluding tert-OH is 1. The summed E-state index contributed by atoms with van der Waals surface area (Å²) in [5, 5.41) is 9.20. The van der Waals surface area contributed by atoms with Gasteiger partial charge in [-0.15, -0.1) is 0 Å². The minimum Gasteiger partial charge on any atom is -0.392 e. The Morgan fingerprint density at radius 3 is 2.36 bits per heavy atom. The summed E-state index contributed by atoms with van der Waals surface area (Å²) >= 11 is 0. The molecule has 3 heteroatoms. The van der Waals surface area contributed by atoms with Crippen molar-refractivity contribution in [3.8, 4) is 0 Å². The van der Waals surface area contributed by atoms with Crippen LogP contribution in [0.2, 0.25) is 0 Å². The molecule has 14 heavy (non-hydrogen) atoms. The molecule has 0 aromatic carbocycles. The number of rotatable bonds is 2. The molecule has 0 aliphatic carbocycles. The van der Waals surface area contributed by atoms with E-state index in [9.17, 15) is 5.11 Å². The quantitative estimate of drug-likeness (QED) is 0.724. The zero-order valence-corrected chi connectivity index (χ0v) is 10.3. The highest BCUT2D eigenvalue weighted by Gasteiger charge is 2.20. The van der Waals surface area contributed by atoms with Crippen LogP contribution in [0.25, 0.3) is 0 Å². The summed E-state index contributed by atoms with van der Waals surface area (Å²) in [5.41, 5.74) is 0. The second-order valence-electron chi connectivity index (χ2n) is 3.94. The van der Waals surface area contributed by atoms with Crippen molar-refractivity contribution in [2.75, 3.05) is 33.2 Å². The van der Waals surface area contributed by atoms with Gasteiger partial charge < -0.3 is 10.0 Å². The summed E-state index contributed by atoms with van der Waals surface area (Å²) in [6, 6.07) is 0.623. The fourth-order valence-electron chi connectivity index (χ4n) is 1.66. The summed E-state index contributed by atoms with van der Waals surface area (Å²) in [6.45, 7) is 12.2. The number of hydrogen-bond donors (Lipinski definition) is 1. The van der Waals surface area contributed by atoms with Crippen molar-refractivity contribution in [3.63, 3.8) is 0 Å². The zero-order chi connectivity index (χ0) is 11.1. The van der Waals surface area contributed by atoms with Gasteiger partial charge in [0.1, 0.15) is 0 Å². The lowest BCUT2D eigenvalue weighted by Gasteiger charge is -2.38. The molecular formula is C11H26N2O. The third kappa shape index (κ3) is 4.94. The Bertz CT molecular complexity index is 139. The molecule has 0 bridgehead atoms. The number of β-amino-alcohol motifs (C(OH)–C–C–N with tert-alkyl or cyclic N) is 1. The lowest BCUT2D eigenvalue weighted by Crippen LogP contribution is -2.51. The molecular weight excluding hydrogens is 176 g/mol. The van der Waals surface area contributed by atoms with Gasteiger partial charge in [-0.2, -0.15) is 0 Å². The smallest absolute Gasteiger partial charge is 0.0639 e. The van der Waals surface area contributed by atoms with Crippen molar-refractivity contribution >= 4 is 0 Å². The predicted molar refractivity (Wildman–Crippen MR) is 61.6 cm³/mol. The Morgan fingerprint density at radius 1 is 1.36 bits per heavy atom. The number of likely N-dealkylation sites (N-methyl/N-ethyl adjacent to an activating group) is 1. The van der Waals surface area contributed by atoms with E-state index in [-0.39, 0.29) is 6.10 Å². The van der Waals surface area contributed by atoms with Gasteiger partial charge in [0, 0.05) is 32.2 Å². The summed E-state index contributed by atoms with van der Waals surface area (Å²) in [4.78, 5) is 4.69. The van der Waals surface area contributed by atoms with Crippen LogP contribution < -0.4 is 0 Å². The maximum atomic E-state index is 9.20. The lowest BCUT2D eigenvalue weighted by molar-refractivity contribution is 0.0638. The van der Waals surface area contributed by atoms with Crippen LogP contribution in [-0.2, 0) is 0 Å². The molecule has 1 N–H and O–H groups in total. The minimum atomic E-state index is -0.194. The molecule has 1 aliphatic heterocycles. The van der Waals surface area contributed by atoms with Crippen molar-refractivity contribution in [1.82, 2.24) is 9.80 Å². The molecule has 1 fully saturated rings. The third-order valence-corrected chi connectivity index (χ3v) is 2.57. The SMILES string of the molecule is CC.C[C@@H](O)CN1CCN(C)[C@@H](C)C1. The van der Waals surface area contributed by atoms with E-state index in [1.165, 1.54) is 0 Å². The molecule has 86 valence electrons. The topological polar surface area (TPSA) is 26.7 Å². The fraction of sp³-hybridized carbons (Fsp3) is 1.00. The van der Waals surface area contributed by atoms with Crippen molar-refractivity contribution in [3.05, 3.63) is 0 Å². The van der Waals surface area contributed by atoms with Gasteiger partial charge in [-0.05, 0) is 20.9 Å². The fourth-order valence-corrected chi connectivity index (χ4v) is 1.66. The van der Waals surface area contributed by atoms with Gasteiger partial charge in [0.15, 0.2) is 0 Å². The normalized spacial score (nSPS) is 26.6. The Labute approximate surface area is 88.7 Å². The first kappa shape index (κ1) is 13.9.